The van der Waals surface area contributed by atoms with E-state index in [1.54, 1.807) is 7.11 Å². The number of hydrogen-bond donors (Lipinski definition) is 1. The van der Waals surface area contributed by atoms with Gasteiger partial charge in [-0.1, -0.05) is 36.4 Å². The fourth-order valence-corrected chi connectivity index (χ4v) is 3.09. The number of likely N-dealkylation sites (N-methyl/N-ethyl adjacent to an activating group) is 1. The largest absolute Gasteiger partial charge is 0.497 e. The molecule has 2 atom stereocenters. The summed E-state index contributed by atoms with van der Waals surface area (Å²) >= 11 is 0. The van der Waals surface area contributed by atoms with Gasteiger partial charge in [-0.3, -0.25) is 0 Å². The maximum atomic E-state index is 5.37. The smallest absolute Gasteiger partial charge is 0.119 e. The number of fused-ring (bicyclic) bond motifs is 1. The molecule has 0 aromatic heterocycles. The summed E-state index contributed by atoms with van der Waals surface area (Å²) in [6.07, 6.45) is 1.08. The van der Waals surface area contributed by atoms with E-state index in [-0.39, 0.29) is 0 Å². The molecule has 2 aromatic rings. The fraction of sp³-hybridized carbons (Fsp3) is 0.294. The molecule has 0 saturated heterocycles. The second-order valence-corrected chi connectivity index (χ2v) is 5.05. The third-order valence-corrected chi connectivity index (χ3v) is 4.06. The van der Waals surface area contributed by atoms with Gasteiger partial charge in [-0.25, -0.2) is 0 Å². The number of ether oxygens (including phenoxy) is 1. The van der Waals surface area contributed by atoms with Gasteiger partial charge in [0, 0.05) is 12.0 Å². The second kappa shape index (κ2) is 5.06. The summed E-state index contributed by atoms with van der Waals surface area (Å²) in [7, 11) is 3.77. The van der Waals surface area contributed by atoms with E-state index in [0.717, 1.165) is 12.2 Å². The van der Waals surface area contributed by atoms with Crippen LogP contribution in [0.5, 0.6) is 5.75 Å². The second-order valence-electron chi connectivity index (χ2n) is 5.05. The highest BCUT2D eigenvalue weighted by molar-refractivity contribution is 5.48. The molecule has 0 fully saturated rings. The van der Waals surface area contributed by atoms with Gasteiger partial charge in [0.15, 0.2) is 0 Å². The first kappa shape index (κ1) is 12.2. The van der Waals surface area contributed by atoms with Gasteiger partial charge >= 0.3 is 0 Å². The van der Waals surface area contributed by atoms with Crippen molar-refractivity contribution in [2.24, 2.45) is 0 Å². The Hall–Kier alpha value is -1.80. The predicted molar refractivity (Wildman–Crippen MR) is 77.8 cm³/mol. The Morgan fingerprint density at radius 3 is 2.58 bits per heavy atom. The minimum absolute atomic E-state index is 0.413. The first-order valence-electron chi connectivity index (χ1n) is 6.72. The van der Waals surface area contributed by atoms with Crippen LogP contribution in [0.15, 0.2) is 48.5 Å². The first-order chi connectivity index (χ1) is 9.33. The van der Waals surface area contributed by atoms with Crippen molar-refractivity contribution in [3.05, 3.63) is 65.2 Å². The minimum Gasteiger partial charge on any atom is -0.497 e. The van der Waals surface area contributed by atoms with E-state index in [1.165, 1.54) is 16.7 Å². The van der Waals surface area contributed by atoms with Gasteiger partial charge in [-0.05, 0) is 42.3 Å². The molecule has 0 heterocycles. The van der Waals surface area contributed by atoms with Crippen LogP contribution < -0.4 is 10.1 Å². The summed E-state index contributed by atoms with van der Waals surface area (Å²) in [5, 5.41) is 3.46. The number of hydrogen-bond acceptors (Lipinski definition) is 2. The highest BCUT2D eigenvalue weighted by atomic mass is 16.5. The van der Waals surface area contributed by atoms with Crippen LogP contribution in [0.3, 0.4) is 0 Å². The van der Waals surface area contributed by atoms with Crippen molar-refractivity contribution in [3.8, 4) is 5.75 Å². The SMILES string of the molecule is CN[C@H]1Cc2ccc(OC)cc2[C@@H]1c1ccccc1. The number of methoxy groups -OCH3 is 1. The summed E-state index contributed by atoms with van der Waals surface area (Å²) < 4.78 is 5.37. The van der Waals surface area contributed by atoms with E-state index in [2.05, 4.69) is 53.8 Å². The molecular weight excluding hydrogens is 234 g/mol. The predicted octanol–water partition coefficient (Wildman–Crippen LogP) is 2.97. The zero-order valence-corrected chi connectivity index (χ0v) is 11.4. The molecule has 0 bridgehead atoms. The molecule has 1 aliphatic rings. The average molecular weight is 253 g/mol. The van der Waals surface area contributed by atoms with E-state index >= 15 is 0 Å². The molecule has 3 rings (SSSR count). The Kier molecular flexibility index (Phi) is 3.26. The van der Waals surface area contributed by atoms with Crippen molar-refractivity contribution in [1.29, 1.82) is 0 Å². The van der Waals surface area contributed by atoms with Crippen LogP contribution in [-0.2, 0) is 6.42 Å². The Bertz CT molecular complexity index is 565. The molecule has 19 heavy (non-hydrogen) atoms. The molecule has 0 spiro atoms. The number of nitrogens with one attached hydrogen (secondary N) is 1. The molecule has 0 saturated carbocycles. The van der Waals surface area contributed by atoms with Gasteiger partial charge in [-0.2, -0.15) is 0 Å². The van der Waals surface area contributed by atoms with Crippen LogP contribution in [-0.4, -0.2) is 20.2 Å². The lowest BCUT2D eigenvalue weighted by molar-refractivity contribution is 0.414. The summed E-state index contributed by atoms with van der Waals surface area (Å²) in [6, 6.07) is 17.6. The lowest BCUT2D eigenvalue weighted by Gasteiger charge is -2.20. The van der Waals surface area contributed by atoms with E-state index in [0.29, 0.717) is 12.0 Å². The molecular formula is C17H19NO. The van der Waals surface area contributed by atoms with Crippen molar-refractivity contribution in [2.75, 3.05) is 14.2 Å². The Morgan fingerprint density at radius 1 is 1.11 bits per heavy atom. The molecule has 0 unspecified atom stereocenters. The highest BCUT2D eigenvalue weighted by Gasteiger charge is 2.32. The van der Waals surface area contributed by atoms with Gasteiger partial charge in [0.1, 0.15) is 5.75 Å². The van der Waals surface area contributed by atoms with Crippen molar-refractivity contribution in [3.63, 3.8) is 0 Å². The molecule has 2 aromatic carbocycles. The topological polar surface area (TPSA) is 21.3 Å². The first-order valence-corrected chi connectivity index (χ1v) is 6.72. The van der Waals surface area contributed by atoms with Crippen LogP contribution in [0.2, 0.25) is 0 Å². The normalized spacial score (nSPS) is 21.2. The van der Waals surface area contributed by atoms with Gasteiger partial charge in [0.25, 0.3) is 0 Å². The molecule has 2 nitrogen and oxygen atoms in total. The molecule has 0 amide bonds. The summed E-state index contributed by atoms with van der Waals surface area (Å²) in [5.41, 5.74) is 4.19. The van der Waals surface area contributed by atoms with E-state index < -0.39 is 0 Å². The Balaban J connectivity index is 2.08. The molecule has 98 valence electrons. The van der Waals surface area contributed by atoms with Crippen molar-refractivity contribution >= 4 is 0 Å². The number of rotatable bonds is 3. The molecule has 1 aliphatic carbocycles. The molecule has 0 radical (unpaired) electrons. The van der Waals surface area contributed by atoms with Gasteiger partial charge < -0.3 is 10.1 Å². The van der Waals surface area contributed by atoms with Gasteiger partial charge in [0.2, 0.25) is 0 Å². The average Bonchev–Trinajstić information content (AvgIpc) is 2.85. The van der Waals surface area contributed by atoms with Crippen LogP contribution in [0.25, 0.3) is 0 Å². The minimum atomic E-state index is 0.413. The molecule has 1 N–H and O–H groups in total. The van der Waals surface area contributed by atoms with Crippen molar-refractivity contribution < 1.29 is 4.74 Å². The van der Waals surface area contributed by atoms with Crippen molar-refractivity contribution in [2.45, 2.75) is 18.4 Å². The van der Waals surface area contributed by atoms with Gasteiger partial charge in [-0.15, -0.1) is 0 Å². The molecule has 0 aliphatic heterocycles. The molecule has 2 heteroatoms. The zero-order valence-electron chi connectivity index (χ0n) is 11.4. The fourth-order valence-electron chi connectivity index (χ4n) is 3.09. The lowest BCUT2D eigenvalue weighted by Crippen LogP contribution is -2.29. The Labute approximate surface area is 114 Å². The van der Waals surface area contributed by atoms with E-state index in [1.807, 2.05) is 7.05 Å². The third-order valence-electron chi connectivity index (χ3n) is 4.06. The maximum Gasteiger partial charge on any atom is 0.119 e. The zero-order chi connectivity index (χ0) is 13.2. The maximum absolute atomic E-state index is 5.37. The van der Waals surface area contributed by atoms with Crippen LogP contribution in [0, 0.1) is 0 Å². The van der Waals surface area contributed by atoms with Crippen LogP contribution in [0.4, 0.5) is 0 Å². The summed E-state index contributed by atoms with van der Waals surface area (Å²) in [5.74, 6) is 1.35. The Morgan fingerprint density at radius 2 is 1.89 bits per heavy atom. The highest BCUT2D eigenvalue weighted by Crippen LogP contribution is 2.39. The van der Waals surface area contributed by atoms with Crippen molar-refractivity contribution in [1.82, 2.24) is 5.32 Å². The standard InChI is InChI=1S/C17H19NO/c1-18-16-10-13-8-9-14(19-2)11-15(13)17(16)12-6-4-3-5-7-12/h3-9,11,16-18H,10H2,1-2H3/t16-,17-/m0/s1. The van der Waals surface area contributed by atoms with Crippen LogP contribution in [0.1, 0.15) is 22.6 Å². The van der Waals surface area contributed by atoms with Gasteiger partial charge in [0.05, 0.1) is 7.11 Å². The third kappa shape index (κ3) is 2.13. The number of benzene rings is 2. The van der Waals surface area contributed by atoms with Crippen LogP contribution >= 0.6 is 0 Å². The van der Waals surface area contributed by atoms with E-state index in [9.17, 15) is 0 Å². The summed E-state index contributed by atoms with van der Waals surface area (Å²) in [6.45, 7) is 0. The van der Waals surface area contributed by atoms with E-state index in [4.69, 9.17) is 4.74 Å². The monoisotopic (exact) mass is 253 g/mol. The quantitative estimate of drug-likeness (QED) is 0.908. The summed E-state index contributed by atoms with van der Waals surface area (Å²) in [4.78, 5) is 0. The lowest BCUT2D eigenvalue weighted by atomic mass is 9.90.